The molecule has 0 atom stereocenters. The molecule has 82 valence electrons. The van der Waals surface area contributed by atoms with E-state index in [0.717, 1.165) is 5.82 Å². The van der Waals surface area contributed by atoms with Gasteiger partial charge in [0.2, 0.25) is 0 Å². The molecule has 1 N–H and O–H groups in total. The number of nitrogens with zero attached hydrogens (tertiary/aromatic N) is 2. The van der Waals surface area contributed by atoms with Crippen LogP contribution in [0.4, 0.5) is 5.82 Å². The van der Waals surface area contributed by atoms with Crippen molar-refractivity contribution >= 4 is 17.4 Å². The number of anilines is 1. The van der Waals surface area contributed by atoms with E-state index < -0.39 is 0 Å². The average molecular weight is 226 g/mol. The van der Waals surface area contributed by atoms with Gasteiger partial charge in [0.05, 0.1) is 0 Å². The van der Waals surface area contributed by atoms with E-state index in [1.54, 1.807) is 6.07 Å². The van der Waals surface area contributed by atoms with E-state index in [-0.39, 0.29) is 0 Å². The molecule has 1 aromatic rings. The van der Waals surface area contributed by atoms with Crippen molar-refractivity contribution in [2.24, 2.45) is 0 Å². The van der Waals surface area contributed by atoms with Crippen LogP contribution in [-0.2, 0) is 0 Å². The van der Waals surface area contributed by atoms with Crippen LogP contribution in [0.1, 0.15) is 38.5 Å². The zero-order valence-corrected chi connectivity index (χ0v) is 9.50. The predicted octanol–water partition coefficient (Wildman–Crippen LogP) is 3.26. The standard InChI is InChI=1S/C11H16ClN3/c12-10-7-11(14-8-13-10)15-9-5-3-1-2-4-6-9/h7-9H,1-6H2,(H,13,14,15). The minimum absolute atomic E-state index is 0.501. The van der Waals surface area contributed by atoms with E-state index in [4.69, 9.17) is 11.6 Å². The molecule has 0 aromatic carbocycles. The third-order valence-corrected chi connectivity index (χ3v) is 3.05. The Morgan fingerprint density at radius 2 is 1.87 bits per heavy atom. The van der Waals surface area contributed by atoms with Gasteiger partial charge in [-0.15, -0.1) is 0 Å². The van der Waals surface area contributed by atoms with Gasteiger partial charge in [0.25, 0.3) is 0 Å². The number of hydrogen-bond donors (Lipinski definition) is 1. The second-order valence-electron chi connectivity index (χ2n) is 4.06. The maximum Gasteiger partial charge on any atom is 0.134 e. The molecule has 4 heteroatoms. The van der Waals surface area contributed by atoms with E-state index in [1.165, 1.54) is 44.9 Å². The Balaban J connectivity index is 1.95. The third kappa shape index (κ3) is 3.34. The second-order valence-corrected chi connectivity index (χ2v) is 4.45. The second kappa shape index (κ2) is 5.31. The molecule has 1 aliphatic carbocycles. The molecule has 2 rings (SSSR count). The summed E-state index contributed by atoms with van der Waals surface area (Å²) < 4.78 is 0. The summed E-state index contributed by atoms with van der Waals surface area (Å²) >= 11 is 5.80. The van der Waals surface area contributed by atoms with Gasteiger partial charge in [-0.1, -0.05) is 37.3 Å². The van der Waals surface area contributed by atoms with Gasteiger partial charge in [-0.25, -0.2) is 9.97 Å². The first-order valence-corrected chi connectivity index (χ1v) is 5.96. The van der Waals surface area contributed by atoms with Gasteiger partial charge in [0, 0.05) is 12.1 Å². The van der Waals surface area contributed by atoms with E-state index in [1.807, 2.05) is 0 Å². The fraction of sp³-hybridized carbons (Fsp3) is 0.636. The molecule has 0 radical (unpaired) electrons. The monoisotopic (exact) mass is 225 g/mol. The molecular weight excluding hydrogens is 210 g/mol. The van der Waals surface area contributed by atoms with E-state index in [2.05, 4.69) is 15.3 Å². The highest BCUT2D eigenvalue weighted by molar-refractivity contribution is 6.29. The number of halogens is 1. The highest BCUT2D eigenvalue weighted by Crippen LogP contribution is 2.20. The largest absolute Gasteiger partial charge is 0.367 e. The fourth-order valence-electron chi connectivity index (χ4n) is 2.05. The SMILES string of the molecule is Clc1cc(NC2CCCCCC2)ncn1. The zero-order valence-electron chi connectivity index (χ0n) is 8.75. The summed E-state index contributed by atoms with van der Waals surface area (Å²) in [5.74, 6) is 0.849. The van der Waals surface area contributed by atoms with Gasteiger partial charge in [-0.2, -0.15) is 0 Å². The molecule has 0 unspecified atom stereocenters. The molecule has 0 aliphatic heterocycles. The van der Waals surface area contributed by atoms with Gasteiger partial charge in [0.15, 0.2) is 0 Å². The lowest BCUT2D eigenvalue weighted by Gasteiger charge is -2.16. The van der Waals surface area contributed by atoms with Crippen molar-refractivity contribution in [3.63, 3.8) is 0 Å². The molecule has 1 saturated carbocycles. The number of hydrogen-bond acceptors (Lipinski definition) is 3. The first-order valence-electron chi connectivity index (χ1n) is 5.59. The molecule has 1 aromatic heterocycles. The minimum atomic E-state index is 0.501. The lowest BCUT2D eigenvalue weighted by atomic mass is 10.1. The first kappa shape index (κ1) is 10.7. The summed E-state index contributed by atoms with van der Waals surface area (Å²) in [5.41, 5.74) is 0. The molecule has 0 amide bonds. The summed E-state index contributed by atoms with van der Waals surface area (Å²) in [5, 5.41) is 3.93. The topological polar surface area (TPSA) is 37.8 Å². The van der Waals surface area contributed by atoms with Crippen LogP contribution in [0, 0.1) is 0 Å². The molecule has 3 nitrogen and oxygen atoms in total. The van der Waals surface area contributed by atoms with Crippen LogP contribution in [0.3, 0.4) is 0 Å². The van der Waals surface area contributed by atoms with Crippen molar-refractivity contribution in [2.75, 3.05) is 5.32 Å². The van der Waals surface area contributed by atoms with E-state index >= 15 is 0 Å². The van der Waals surface area contributed by atoms with Gasteiger partial charge in [-0.3, -0.25) is 0 Å². The molecule has 1 heterocycles. The Morgan fingerprint density at radius 3 is 2.53 bits per heavy atom. The van der Waals surface area contributed by atoms with Crippen LogP contribution in [0.15, 0.2) is 12.4 Å². The van der Waals surface area contributed by atoms with Crippen LogP contribution in [0.2, 0.25) is 5.15 Å². The predicted molar refractivity (Wildman–Crippen MR) is 62.2 cm³/mol. The van der Waals surface area contributed by atoms with Crippen molar-refractivity contribution < 1.29 is 0 Å². The normalized spacial score (nSPS) is 18.5. The zero-order chi connectivity index (χ0) is 10.5. The minimum Gasteiger partial charge on any atom is -0.367 e. The quantitative estimate of drug-likeness (QED) is 0.620. The van der Waals surface area contributed by atoms with E-state index in [9.17, 15) is 0 Å². The lowest BCUT2D eigenvalue weighted by molar-refractivity contribution is 0.617. The molecule has 0 spiro atoms. The summed E-state index contributed by atoms with van der Waals surface area (Å²) in [6.07, 6.45) is 9.34. The smallest absolute Gasteiger partial charge is 0.134 e. The average Bonchev–Trinajstić information content (AvgIpc) is 2.46. The van der Waals surface area contributed by atoms with E-state index in [0.29, 0.717) is 11.2 Å². The van der Waals surface area contributed by atoms with Gasteiger partial charge in [0.1, 0.15) is 17.3 Å². The van der Waals surface area contributed by atoms with Crippen LogP contribution in [-0.4, -0.2) is 16.0 Å². The summed E-state index contributed by atoms with van der Waals surface area (Å²) in [6.45, 7) is 0. The molecule has 1 aliphatic rings. The highest BCUT2D eigenvalue weighted by atomic mass is 35.5. The summed E-state index contributed by atoms with van der Waals surface area (Å²) in [4.78, 5) is 8.02. The number of rotatable bonds is 2. The van der Waals surface area contributed by atoms with Gasteiger partial charge in [-0.05, 0) is 12.8 Å². The van der Waals surface area contributed by atoms with Gasteiger partial charge >= 0.3 is 0 Å². The van der Waals surface area contributed by atoms with Crippen molar-refractivity contribution in [2.45, 2.75) is 44.6 Å². The molecule has 15 heavy (non-hydrogen) atoms. The fourth-order valence-corrected chi connectivity index (χ4v) is 2.19. The lowest BCUT2D eigenvalue weighted by Crippen LogP contribution is -2.18. The molecule has 0 saturated heterocycles. The van der Waals surface area contributed by atoms with Crippen molar-refractivity contribution in [3.8, 4) is 0 Å². The number of aromatic nitrogens is 2. The summed E-state index contributed by atoms with van der Waals surface area (Å²) in [7, 11) is 0. The molecule has 0 bridgehead atoms. The first-order chi connectivity index (χ1) is 7.34. The summed E-state index contributed by atoms with van der Waals surface area (Å²) in [6, 6.07) is 2.34. The van der Waals surface area contributed by atoms with Crippen LogP contribution in [0.5, 0.6) is 0 Å². The Labute approximate surface area is 95.3 Å². The Kier molecular flexibility index (Phi) is 3.78. The Bertz CT molecular complexity index is 308. The highest BCUT2D eigenvalue weighted by Gasteiger charge is 2.12. The Hall–Kier alpha value is -0.830. The van der Waals surface area contributed by atoms with Crippen LogP contribution >= 0.6 is 11.6 Å². The van der Waals surface area contributed by atoms with Gasteiger partial charge < -0.3 is 5.32 Å². The van der Waals surface area contributed by atoms with Crippen LogP contribution < -0.4 is 5.32 Å². The van der Waals surface area contributed by atoms with Crippen molar-refractivity contribution in [1.82, 2.24) is 9.97 Å². The maximum absolute atomic E-state index is 5.80. The molecule has 1 fully saturated rings. The number of nitrogens with one attached hydrogen (secondary N) is 1. The molecular formula is C11H16ClN3. The van der Waals surface area contributed by atoms with Crippen molar-refractivity contribution in [3.05, 3.63) is 17.5 Å². The maximum atomic E-state index is 5.80. The third-order valence-electron chi connectivity index (χ3n) is 2.84. The van der Waals surface area contributed by atoms with Crippen molar-refractivity contribution in [1.29, 1.82) is 0 Å². The van der Waals surface area contributed by atoms with Crippen LogP contribution in [0.25, 0.3) is 0 Å². The Morgan fingerprint density at radius 1 is 1.13 bits per heavy atom.